The first-order chi connectivity index (χ1) is 9.42. The molecule has 0 amide bonds. The van der Waals surface area contributed by atoms with E-state index in [9.17, 15) is 13.5 Å². The minimum atomic E-state index is -3.62. The summed E-state index contributed by atoms with van der Waals surface area (Å²) in [5.74, 6) is 0.867. The van der Waals surface area contributed by atoms with Gasteiger partial charge >= 0.3 is 10.2 Å². The van der Waals surface area contributed by atoms with Crippen LogP contribution in [0.4, 0.5) is 5.69 Å². The van der Waals surface area contributed by atoms with Crippen molar-refractivity contribution in [1.82, 2.24) is 4.31 Å². The molecule has 0 saturated carbocycles. The van der Waals surface area contributed by atoms with E-state index in [0.29, 0.717) is 24.8 Å². The topological polar surface area (TPSA) is 78.9 Å². The third-order valence-electron chi connectivity index (χ3n) is 3.53. The Morgan fingerprint density at radius 3 is 2.55 bits per heavy atom. The number of ether oxygens (including phenoxy) is 1. The monoisotopic (exact) mass is 300 g/mol. The normalized spacial score (nSPS) is 17.9. The van der Waals surface area contributed by atoms with Crippen LogP contribution in [0, 0.1) is 5.92 Å². The van der Waals surface area contributed by atoms with Crippen LogP contribution in [0.2, 0.25) is 0 Å². The number of nitrogens with zero attached hydrogens (tertiary/aromatic N) is 1. The summed E-state index contributed by atoms with van der Waals surface area (Å²) in [5, 5.41) is 9.80. The Morgan fingerprint density at radius 2 is 2.00 bits per heavy atom. The number of anilines is 1. The molecule has 6 nitrogen and oxygen atoms in total. The fourth-order valence-electron chi connectivity index (χ4n) is 2.15. The molecular weight excluding hydrogens is 280 g/mol. The first-order valence-corrected chi connectivity index (χ1v) is 8.01. The molecule has 0 aliphatic carbocycles. The molecule has 1 aromatic carbocycles. The molecular formula is C13H20N2O4S. The first-order valence-electron chi connectivity index (χ1n) is 6.57. The summed E-state index contributed by atoms with van der Waals surface area (Å²) in [6.07, 6.45) is 1.71. The summed E-state index contributed by atoms with van der Waals surface area (Å²) in [7, 11) is -2.14. The summed E-state index contributed by atoms with van der Waals surface area (Å²) >= 11 is 0. The van der Waals surface area contributed by atoms with Crippen LogP contribution >= 0.6 is 0 Å². The maximum atomic E-state index is 12.2. The van der Waals surface area contributed by atoms with Crippen molar-refractivity contribution in [1.29, 1.82) is 0 Å². The van der Waals surface area contributed by atoms with Gasteiger partial charge in [-0.2, -0.15) is 12.7 Å². The van der Waals surface area contributed by atoms with Crippen LogP contribution in [0.15, 0.2) is 18.2 Å². The van der Waals surface area contributed by atoms with Gasteiger partial charge in [0.25, 0.3) is 0 Å². The highest BCUT2D eigenvalue weighted by Crippen LogP contribution is 2.29. The lowest BCUT2D eigenvalue weighted by Crippen LogP contribution is -2.41. The van der Waals surface area contributed by atoms with Crippen molar-refractivity contribution in [3.63, 3.8) is 0 Å². The molecule has 1 fully saturated rings. The zero-order valence-corrected chi connectivity index (χ0v) is 12.5. The number of rotatable bonds is 4. The molecule has 2 rings (SSSR count). The Hall–Kier alpha value is -1.47. The average molecular weight is 300 g/mol. The van der Waals surface area contributed by atoms with Gasteiger partial charge in [0.2, 0.25) is 0 Å². The average Bonchev–Trinajstić information content (AvgIpc) is 2.41. The van der Waals surface area contributed by atoms with E-state index in [1.165, 1.54) is 23.5 Å². The smallest absolute Gasteiger partial charge is 0.301 e. The number of benzene rings is 1. The number of phenols is 1. The van der Waals surface area contributed by atoms with Gasteiger partial charge in [0, 0.05) is 19.2 Å². The van der Waals surface area contributed by atoms with E-state index in [1.54, 1.807) is 6.07 Å². The van der Waals surface area contributed by atoms with Gasteiger partial charge < -0.3 is 9.84 Å². The number of methoxy groups -OCH3 is 1. The predicted octanol–water partition coefficient (Wildman–Crippen LogP) is 1.79. The zero-order chi connectivity index (χ0) is 14.8. The SMILES string of the molecule is COc1ccc(NS(=O)(=O)N2CCC(C)CC2)c(O)c1. The fraction of sp³-hybridized carbons (Fsp3) is 0.538. The van der Waals surface area contributed by atoms with Gasteiger partial charge in [-0.25, -0.2) is 0 Å². The second-order valence-electron chi connectivity index (χ2n) is 5.07. The Morgan fingerprint density at radius 1 is 1.35 bits per heavy atom. The van der Waals surface area contributed by atoms with Crippen molar-refractivity contribution in [2.24, 2.45) is 5.92 Å². The molecule has 1 aliphatic rings. The van der Waals surface area contributed by atoms with Gasteiger partial charge in [-0.1, -0.05) is 6.92 Å². The number of phenolic OH excluding ortho intramolecular Hbond substituents is 1. The Balaban J connectivity index is 2.12. The molecule has 112 valence electrons. The van der Waals surface area contributed by atoms with Crippen molar-refractivity contribution >= 4 is 15.9 Å². The molecule has 1 aromatic rings. The Kier molecular flexibility index (Phi) is 4.39. The van der Waals surface area contributed by atoms with Crippen molar-refractivity contribution in [2.75, 3.05) is 24.9 Å². The van der Waals surface area contributed by atoms with E-state index in [4.69, 9.17) is 4.74 Å². The maximum Gasteiger partial charge on any atom is 0.301 e. The molecule has 0 radical (unpaired) electrons. The Labute approximate surface area is 119 Å². The number of piperidine rings is 1. The number of hydrogen-bond acceptors (Lipinski definition) is 4. The molecule has 1 heterocycles. The third-order valence-corrected chi connectivity index (χ3v) is 5.05. The minimum absolute atomic E-state index is 0.154. The highest BCUT2D eigenvalue weighted by molar-refractivity contribution is 7.90. The van der Waals surface area contributed by atoms with Crippen molar-refractivity contribution in [3.8, 4) is 11.5 Å². The predicted molar refractivity (Wildman–Crippen MR) is 77.2 cm³/mol. The van der Waals surface area contributed by atoms with Crippen LogP contribution in [0.5, 0.6) is 11.5 Å². The molecule has 0 spiro atoms. The number of hydrogen-bond donors (Lipinski definition) is 2. The van der Waals surface area contributed by atoms with E-state index in [-0.39, 0.29) is 11.4 Å². The lowest BCUT2D eigenvalue weighted by Gasteiger charge is -2.29. The molecule has 1 aliphatic heterocycles. The molecule has 0 unspecified atom stereocenters. The van der Waals surface area contributed by atoms with Gasteiger partial charge in [0.15, 0.2) is 0 Å². The van der Waals surface area contributed by atoms with Crippen LogP contribution in [-0.4, -0.2) is 38.0 Å². The quantitative estimate of drug-likeness (QED) is 0.831. The number of aromatic hydroxyl groups is 1. The van der Waals surface area contributed by atoms with Gasteiger partial charge in [0.05, 0.1) is 12.8 Å². The van der Waals surface area contributed by atoms with Crippen molar-refractivity contribution in [2.45, 2.75) is 19.8 Å². The molecule has 0 bridgehead atoms. The van der Waals surface area contributed by atoms with E-state index in [0.717, 1.165) is 12.8 Å². The standard InChI is InChI=1S/C13H20N2O4S/c1-10-5-7-15(8-6-10)20(17,18)14-12-4-3-11(19-2)9-13(12)16/h3-4,9-10,14,16H,5-8H2,1-2H3. The van der Waals surface area contributed by atoms with E-state index in [2.05, 4.69) is 11.6 Å². The van der Waals surface area contributed by atoms with Crippen molar-refractivity contribution < 1.29 is 18.3 Å². The second kappa shape index (κ2) is 5.88. The number of nitrogens with one attached hydrogen (secondary N) is 1. The summed E-state index contributed by atoms with van der Waals surface area (Å²) < 4.78 is 33.3. The van der Waals surface area contributed by atoms with Gasteiger partial charge in [-0.3, -0.25) is 4.72 Å². The first kappa shape index (κ1) is 14.9. The van der Waals surface area contributed by atoms with E-state index >= 15 is 0 Å². The molecule has 2 N–H and O–H groups in total. The molecule has 7 heteroatoms. The summed E-state index contributed by atoms with van der Waals surface area (Å²) in [6, 6.07) is 4.45. The maximum absolute atomic E-state index is 12.2. The minimum Gasteiger partial charge on any atom is -0.506 e. The Bertz CT molecular complexity index is 566. The molecule has 1 saturated heterocycles. The van der Waals surface area contributed by atoms with Crippen molar-refractivity contribution in [3.05, 3.63) is 18.2 Å². The van der Waals surface area contributed by atoms with Gasteiger partial charge in [-0.05, 0) is 30.9 Å². The van der Waals surface area contributed by atoms with E-state index in [1.807, 2.05) is 0 Å². The highest BCUT2D eigenvalue weighted by atomic mass is 32.2. The van der Waals surface area contributed by atoms with Crippen LogP contribution in [0.25, 0.3) is 0 Å². The largest absolute Gasteiger partial charge is 0.506 e. The zero-order valence-electron chi connectivity index (χ0n) is 11.7. The van der Waals surface area contributed by atoms with Crippen LogP contribution in [-0.2, 0) is 10.2 Å². The van der Waals surface area contributed by atoms with Crippen LogP contribution in [0.1, 0.15) is 19.8 Å². The molecule has 0 aromatic heterocycles. The van der Waals surface area contributed by atoms with Gasteiger partial charge in [0.1, 0.15) is 11.5 Å². The van der Waals surface area contributed by atoms with Crippen LogP contribution in [0.3, 0.4) is 0 Å². The summed E-state index contributed by atoms with van der Waals surface area (Å²) in [6.45, 7) is 3.13. The van der Waals surface area contributed by atoms with E-state index < -0.39 is 10.2 Å². The lowest BCUT2D eigenvalue weighted by molar-refractivity contribution is 0.289. The molecule has 20 heavy (non-hydrogen) atoms. The summed E-state index contributed by atoms with van der Waals surface area (Å²) in [4.78, 5) is 0. The van der Waals surface area contributed by atoms with Gasteiger partial charge in [-0.15, -0.1) is 0 Å². The third kappa shape index (κ3) is 3.34. The lowest BCUT2D eigenvalue weighted by atomic mass is 10.0. The second-order valence-corrected chi connectivity index (χ2v) is 6.74. The summed E-state index contributed by atoms with van der Waals surface area (Å²) in [5.41, 5.74) is 0.157. The molecule has 0 atom stereocenters. The fourth-order valence-corrected chi connectivity index (χ4v) is 3.42. The van der Waals surface area contributed by atoms with Crippen LogP contribution < -0.4 is 9.46 Å². The highest BCUT2D eigenvalue weighted by Gasteiger charge is 2.26.